The molecule has 8 nitrogen and oxygen atoms in total. The molecule has 0 atom stereocenters. The first kappa shape index (κ1) is 22.0. The van der Waals surface area contributed by atoms with Crippen molar-refractivity contribution in [2.24, 2.45) is 7.05 Å². The quantitative estimate of drug-likeness (QED) is 0.631. The molecule has 0 fully saturated rings. The van der Waals surface area contributed by atoms with Crippen molar-refractivity contribution in [2.75, 3.05) is 12.0 Å². The number of rotatable bonds is 2. The summed E-state index contributed by atoms with van der Waals surface area (Å²) in [6.45, 7) is 10.3. The summed E-state index contributed by atoms with van der Waals surface area (Å²) in [5.74, 6) is 0.511. The molecule has 2 amide bonds. The summed E-state index contributed by atoms with van der Waals surface area (Å²) in [5.41, 5.74) is -0.952. The van der Waals surface area contributed by atoms with E-state index in [-0.39, 0.29) is 5.82 Å². The van der Waals surface area contributed by atoms with Crippen molar-refractivity contribution in [3.63, 3.8) is 0 Å². The van der Waals surface area contributed by atoms with Gasteiger partial charge < -0.3 is 14.2 Å². The number of carbonyl (C=O) groups excluding carboxylic acids is 2. The van der Waals surface area contributed by atoms with E-state index in [4.69, 9.17) is 14.2 Å². The molecule has 0 saturated heterocycles. The molecule has 2 rings (SSSR count). The first-order valence-corrected chi connectivity index (χ1v) is 9.50. The lowest BCUT2D eigenvalue weighted by atomic mass is 10.2. The van der Waals surface area contributed by atoms with Gasteiger partial charge in [0.2, 0.25) is 0 Å². The molecule has 0 spiro atoms. The Morgan fingerprint density at radius 2 is 1.54 bits per heavy atom. The van der Waals surface area contributed by atoms with E-state index in [1.165, 1.54) is 7.11 Å². The Kier molecular flexibility index (Phi) is 5.98. The van der Waals surface area contributed by atoms with Crippen LogP contribution in [-0.2, 0) is 16.5 Å². The number of ether oxygens (including phenoxy) is 3. The number of hydrogen-bond donors (Lipinski definition) is 0. The van der Waals surface area contributed by atoms with Crippen LogP contribution in [0.1, 0.15) is 41.5 Å². The van der Waals surface area contributed by atoms with Crippen molar-refractivity contribution in [2.45, 2.75) is 52.7 Å². The van der Waals surface area contributed by atoms with Crippen LogP contribution in [0.3, 0.4) is 0 Å². The summed E-state index contributed by atoms with van der Waals surface area (Å²) in [4.78, 5) is 26.6. The Labute approximate surface area is 172 Å². The van der Waals surface area contributed by atoms with Crippen molar-refractivity contribution in [1.29, 1.82) is 0 Å². The fourth-order valence-electron chi connectivity index (χ4n) is 2.50. The first-order chi connectivity index (χ1) is 12.7. The van der Waals surface area contributed by atoms with Gasteiger partial charge in [-0.15, -0.1) is 0 Å². The third-order valence-electron chi connectivity index (χ3n) is 3.47. The SMILES string of the molecule is COc1c(Br)ccc2c1c(N(C(=O)OC(C)(C)C)C(=O)OC(C)(C)C)nn2C. The van der Waals surface area contributed by atoms with E-state index >= 15 is 0 Å². The highest BCUT2D eigenvalue weighted by Crippen LogP contribution is 2.40. The number of imide groups is 1. The smallest absolute Gasteiger partial charge is 0.425 e. The molecule has 1 heterocycles. The Balaban J connectivity index is 2.71. The summed E-state index contributed by atoms with van der Waals surface area (Å²) in [7, 11) is 3.21. The van der Waals surface area contributed by atoms with Crippen LogP contribution in [0.5, 0.6) is 5.75 Å². The Morgan fingerprint density at radius 3 is 1.96 bits per heavy atom. The number of amides is 2. The van der Waals surface area contributed by atoms with Gasteiger partial charge >= 0.3 is 12.2 Å². The topological polar surface area (TPSA) is 82.9 Å². The van der Waals surface area contributed by atoms with Gasteiger partial charge in [0.15, 0.2) is 5.82 Å². The number of halogens is 1. The molecular formula is C19H26BrN3O5. The number of nitrogens with zero attached hydrogens (tertiary/aromatic N) is 3. The standard InChI is InChI=1S/C19H26BrN3O5/c1-18(2,3)27-16(24)23(17(25)28-19(4,5)6)15-13-12(22(7)21-15)10-9-11(20)14(13)26-8/h9-10H,1-8H3. The number of aromatic nitrogens is 2. The minimum Gasteiger partial charge on any atom is -0.495 e. The van der Waals surface area contributed by atoms with E-state index in [9.17, 15) is 9.59 Å². The number of benzene rings is 1. The maximum Gasteiger partial charge on any atom is 0.425 e. The van der Waals surface area contributed by atoms with Crippen LogP contribution < -0.4 is 9.64 Å². The third-order valence-corrected chi connectivity index (χ3v) is 4.10. The van der Waals surface area contributed by atoms with Crippen molar-refractivity contribution in [1.82, 2.24) is 9.78 Å². The summed E-state index contributed by atoms with van der Waals surface area (Å²) >= 11 is 3.43. The van der Waals surface area contributed by atoms with Crippen LogP contribution in [0, 0.1) is 0 Å². The molecule has 0 unspecified atom stereocenters. The van der Waals surface area contributed by atoms with Gasteiger partial charge in [-0.3, -0.25) is 4.68 Å². The lowest BCUT2D eigenvalue weighted by Crippen LogP contribution is -2.44. The van der Waals surface area contributed by atoms with E-state index in [0.29, 0.717) is 21.1 Å². The second kappa shape index (κ2) is 7.62. The van der Waals surface area contributed by atoms with Crippen LogP contribution in [-0.4, -0.2) is 40.3 Å². The van der Waals surface area contributed by atoms with Gasteiger partial charge in [-0.2, -0.15) is 10.00 Å². The van der Waals surface area contributed by atoms with Crippen molar-refractivity contribution in [3.05, 3.63) is 16.6 Å². The van der Waals surface area contributed by atoms with Gasteiger partial charge in [0, 0.05) is 7.05 Å². The van der Waals surface area contributed by atoms with E-state index in [0.717, 1.165) is 4.90 Å². The molecule has 1 aromatic heterocycles. The maximum absolute atomic E-state index is 12.9. The molecule has 0 bridgehead atoms. The summed E-state index contributed by atoms with van der Waals surface area (Å²) in [5, 5.41) is 4.86. The highest BCUT2D eigenvalue weighted by Gasteiger charge is 2.36. The van der Waals surface area contributed by atoms with E-state index < -0.39 is 23.4 Å². The van der Waals surface area contributed by atoms with Gasteiger partial charge in [-0.1, -0.05) is 0 Å². The van der Waals surface area contributed by atoms with Gasteiger partial charge in [0.1, 0.15) is 17.0 Å². The predicted octanol–water partition coefficient (Wildman–Crippen LogP) is 5.02. The normalized spacial score (nSPS) is 12.0. The highest BCUT2D eigenvalue weighted by atomic mass is 79.9. The molecular weight excluding hydrogens is 430 g/mol. The van der Waals surface area contributed by atoms with Crippen molar-refractivity contribution < 1.29 is 23.8 Å². The van der Waals surface area contributed by atoms with Crippen molar-refractivity contribution >= 4 is 44.8 Å². The molecule has 28 heavy (non-hydrogen) atoms. The number of fused-ring (bicyclic) bond motifs is 1. The lowest BCUT2D eigenvalue weighted by molar-refractivity contribution is 0.0429. The Bertz CT molecular complexity index is 881. The molecule has 0 N–H and O–H groups in total. The molecule has 0 aliphatic carbocycles. The highest BCUT2D eigenvalue weighted by molar-refractivity contribution is 9.10. The molecule has 9 heteroatoms. The number of hydrogen-bond acceptors (Lipinski definition) is 6. The minimum atomic E-state index is -0.885. The maximum atomic E-state index is 12.9. The van der Waals surface area contributed by atoms with Crippen LogP contribution >= 0.6 is 15.9 Å². The second-order valence-electron chi connectivity index (χ2n) is 8.22. The van der Waals surface area contributed by atoms with Crippen LogP contribution in [0.15, 0.2) is 16.6 Å². The third kappa shape index (κ3) is 4.76. The molecule has 154 valence electrons. The predicted molar refractivity (Wildman–Crippen MR) is 110 cm³/mol. The lowest BCUT2D eigenvalue weighted by Gasteiger charge is -2.27. The zero-order valence-electron chi connectivity index (χ0n) is 17.4. The average Bonchev–Trinajstić information content (AvgIpc) is 2.80. The summed E-state index contributed by atoms with van der Waals surface area (Å²) in [6, 6.07) is 3.61. The van der Waals surface area contributed by atoms with Gasteiger partial charge in [0.25, 0.3) is 0 Å². The molecule has 1 aromatic carbocycles. The van der Waals surface area contributed by atoms with Crippen LogP contribution in [0.2, 0.25) is 0 Å². The summed E-state index contributed by atoms with van der Waals surface area (Å²) in [6.07, 6.45) is -1.77. The number of methoxy groups -OCH3 is 1. The first-order valence-electron chi connectivity index (χ1n) is 8.70. The molecule has 0 aliphatic heterocycles. The van der Waals surface area contributed by atoms with Gasteiger partial charge in [-0.25, -0.2) is 9.59 Å². The number of aryl methyl sites for hydroxylation is 1. The van der Waals surface area contributed by atoms with E-state index in [1.54, 1.807) is 65.4 Å². The second-order valence-corrected chi connectivity index (χ2v) is 9.07. The zero-order valence-corrected chi connectivity index (χ0v) is 19.0. The Morgan fingerprint density at radius 1 is 1.04 bits per heavy atom. The molecule has 0 saturated carbocycles. The van der Waals surface area contributed by atoms with Crippen LogP contribution in [0.25, 0.3) is 10.9 Å². The number of anilines is 1. The zero-order chi connectivity index (χ0) is 21.4. The minimum absolute atomic E-state index is 0.0687. The molecule has 0 radical (unpaired) electrons. The molecule has 0 aliphatic rings. The fraction of sp³-hybridized carbons (Fsp3) is 0.526. The average molecular weight is 456 g/mol. The fourth-order valence-corrected chi connectivity index (χ4v) is 2.99. The van der Waals surface area contributed by atoms with Crippen molar-refractivity contribution in [3.8, 4) is 5.75 Å². The van der Waals surface area contributed by atoms with Crippen LogP contribution in [0.4, 0.5) is 15.4 Å². The summed E-state index contributed by atoms with van der Waals surface area (Å²) < 4.78 is 18.6. The monoisotopic (exact) mass is 455 g/mol. The largest absolute Gasteiger partial charge is 0.495 e. The van der Waals surface area contributed by atoms with Gasteiger partial charge in [-0.05, 0) is 69.6 Å². The Hall–Kier alpha value is -2.29. The van der Waals surface area contributed by atoms with E-state index in [1.807, 2.05) is 0 Å². The van der Waals surface area contributed by atoms with Gasteiger partial charge in [0.05, 0.1) is 22.5 Å². The van der Waals surface area contributed by atoms with E-state index in [2.05, 4.69) is 21.0 Å². The number of carbonyl (C=O) groups is 2. The molecule has 2 aromatic rings.